The summed E-state index contributed by atoms with van der Waals surface area (Å²) in [4.78, 5) is 19.0. The molecule has 1 aromatic carbocycles. The Balaban J connectivity index is 1.44. The molecule has 0 aliphatic carbocycles. The van der Waals surface area contributed by atoms with Crippen molar-refractivity contribution in [3.05, 3.63) is 47.7 Å². The lowest BCUT2D eigenvalue weighted by molar-refractivity contribution is -0.122. The number of rotatable bonds is 5. The quantitative estimate of drug-likeness (QED) is 0.744. The van der Waals surface area contributed by atoms with Gasteiger partial charge in [0.2, 0.25) is 5.91 Å². The summed E-state index contributed by atoms with van der Waals surface area (Å²) in [6, 6.07) is 9.43. The average molecular weight is 355 g/mol. The monoisotopic (exact) mass is 355 g/mol. The number of tetrazole rings is 1. The number of nitrogens with zero attached hydrogens (tertiary/aromatic N) is 6. The van der Waals surface area contributed by atoms with Crippen LogP contribution in [0.25, 0.3) is 5.69 Å². The van der Waals surface area contributed by atoms with Gasteiger partial charge in [-0.1, -0.05) is 18.2 Å². The molecule has 1 N–H and O–H groups in total. The Bertz CT molecular complexity index is 833. The first-order chi connectivity index (χ1) is 12.3. The fourth-order valence-electron chi connectivity index (χ4n) is 3.00. The molecular formula is C16H17N7OS. The fourth-order valence-corrected chi connectivity index (χ4v) is 3.71. The van der Waals surface area contributed by atoms with Crippen molar-refractivity contribution in [2.24, 2.45) is 0 Å². The third-order valence-electron chi connectivity index (χ3n) is 4.18. The van der Waals surface area contributed by atoms with Gasteiger partial charge in [0.1, 0.15) is 6.04 Å². The number of carbonyl (C=O) groups is 1. The first-order valence-electron chi connectivity index (χ1n) is 8.09. The van der Waals surface area contributed by atoms with E-state index in [0.29, 0.717) is 5.82 Å². The molecule has 128 valence electrons. The van der Waals surface area contributed by atoms with Crippen molar-refractivity contribution >= 4 is 22.4 Å². The summed E-state index contributed by atoms with van der Waals surface area (Å²) in [5.74, 6) is 0.577. The molecular weight excluding hydrogens is 338 g/mol. The van der Waals surface area contributed by atoms with Crippen LogP contribution >= 0.6 is 11.3 Å². The van der Waals surface area contributed by atoms with Crippen LogP contribution in [0.2, 0.25) is 0 Å². The second-order valence-corrected chi connectivity index (χ2v) is 6.60. The Kier molecular flexibility index (Phi) is 4.38. The van der Waals surface area contributed by atoms with Crippen molar-refractivity contribution in [2.45, 2.75) is 25.4 Å². The zero-order valence-corrected chi connectivity index (χ0v) is 14.3. The lowest BCUT2D eigenvalue weighted by Gasteiger charge is -2.22. The predicted molar refractivity (Wildman–Crippen MR) is 93.5 cm³/mol. The third kappa shape index (κ3) is 3.22. The van der Waals surface area contributed by atoms with E-state index in [0.717, 1.165) is 30.2 Å². The van der Waals surface area contributed by atoms with Gasteiger partial charge < -0.3 is 10.2 Å². The summed E-state index contributed by atoms with van der Waals surface area (Å²) >= 11 is 1.56. The second-order valence-electron chi connectivity index (χ2n) is 5.73. The SMILES string of the molecule is O=C(NCc1nnnn1-c1ccccc1)C1CCCN1c1nccs1. The number of benzene rings is 1. The van der Waals surface area contributed by atoms with Crippen LogP contribution in [-0.4, -0.2) is 43.7 Å². The van der Waals surface area contributed by atoms with Crippen molar-refractivity contribution < 1.29 is 4.79 Å². The molecule has 0 saturated carbocycles. The Morgan fingerprint density at radius 3 is 3.00 bits per heavy atom. The molecule has 1 aliphatic rings. The first-order valence-corrected chi connectivity index (χ1v) is 8.97. The number of nitrogens with one attached hydrogen (secondary N) is 1. The maximum Gasteiger partial charge on any atom is 0.243 e. The smallest absolute Gasteiger partial charge is 0.243 e. The molecule has 0 radical (unpaired) electrons. The van der Waals surface area contributed by atoms with Crippen LogP contribution in [0.3, 0.4) is 0 Å². The number of thiazole rings is 1. The molecule has 1 atom stereocenters. The maximum atomic E-state index is 12.6. The van der Waals surface area contributed by atoms with E-state index in [1.807, 2.05) is 35.7 Å². The van der Waals surface area contributed by atoms with Crippen molar-refractivity contribution in [2.75, 3.05) is 11.4 Å². The normalized spacial score (nSPS) is 17.0. The minimum Gasteiger partial charge on any atom is -0.347 e. The van der Waals surface area contributed by atoms with Gasteiger partial charge >= 0.3 is 0 Å². The molecule has 1 saturated heterocycles. The van der Waals surface area contributed by atoms with Crippen molar-refractivity contribution in [1.82, 2.24) is 30.5 Å². The second kappa shape index (κ2) is 6.98. The zero-order valence-electron chi connectivity index (χ0n) is 13.4. The molecule has 3 aromatic rings. The van der Waals surface area contributed by atoms with Gasteiger partial charge in [0.05, 0.1) is 12.2 Å². The van der Waals surface area contributed by atoms with Crippen molar-refractivity contribution in [3.8, 4) is 5.69 Å². The third-order valence-corrected chi connectivity index (χ3v) is 4.98. The summed E-state index contributed by atoms with van der Waals surface area (Å²) in [7, 11) is 0. The number of carbonyl (C=O) groups excluding carboxylic acids is 1. The van der Waals surface area contributed by atoms with Gasteiger partial charge in [-0.15, -0.1) is 16.4 Å². The van der Waals surface area contributed by atoms with Crippen molar-refractivity contribution in [1.29, 1.82) is 0 Å². The Morgan fingerprint density at radius 1 is 1.32 bits per heavy atom. The zero-order chi connectivity index (χ0) is 17.1. The largest absolute Gasteiger partial charge is 0.347 e. The molecule has 1 aliphatic heterocycles. The highest BCUT2D eigenvalue weighted by molar-refractivity contribution is 7.13. The minimum atomic E-state index is -0.188. The van der Waals surface area contributed by atoms with Crippen LogP contribution in [0.4, 0.5) is 5.13 Å². The van der Waals surface area contributed by atoms with Crippen LogP contribution < -0.4 is 10.2 Å². The minimum absolute atomic E-state index is 0.0182. The van der Waals surface area contributed by atoms with Crippen molar-refractivity contribution in [3.63, 3.8) is 0 Å². The predicted octanol–water partition coefficient (Wildman–Crippen LogP) is 1.40. The molecule has 9 heteroatoms. The number of para-hydroxylation sites is 1. The van der Waals surface area contributed by atoms with E-state index >= 15 is 0 Å². The summed E-state index contributed by atoms with van der Waals surface area (Å²) < 4.78 is 1.63. The van der Waals surface area contributed by atoms with Gasteiger partial charge in [-0.2, -0.15) is 4.68 Å². The van der Waals surface area contributed by atoms with Gasteiger partial charge in [-0.05, 0) is 35.4 Å². The molecule has 0 bridgehead atoms. The van der Waals surface area contributed by atoms with Gasteiger partial charge in [0, 0.05) is 18.1 Å². The first kappa shape index (κ1) is 15.7. The van der Waals surface area contributed by atoms with Gasteiger partial charge in [0.25, 0.3) is 0 Å². The highest BCUT2D eigenvalue weighted by Crippen LogP contribution is 2.27. The number of hydrogen-bond acceptors (Lipinski definition) is 7. The standard InChI is InChI=1S/C16H17N7OS/c24-15(13-7-4-9-22(13)16-17-8-10-25-16)18-11-14-19-20-21-23(14)12-5-2-1-3-6-12/h1-3,5-6,8,10,13H,4,7,9,11H2,(H,18,24). The molecule has 1 amide bonds. The maximum absolute atomic E-state index is 12.6. The van der Waals surface area contributed by atoms with E-state index in [2.05, 4.69) is 30.7 Å². The van der Waals surface area contributed by atoms with Crippen LogP contribution in [0.5, 0.6) is 0 Å². The Labute approximate surface area is 148 Å². The lowest BCUT2D eigenvalue weighted by Crippen LogP contribution is -2.43. The number of hydrogen-bond donors (Lipinski definition) is 1. The van der Waals surface area contributed by atoms with Gasteiger partial charge in [-0.25, -0.2) is 4.98 Å². The number of aromatic nitrogens is 5. The topological polar surface area (TPSA) is 88.8 Å². The summed E-state index contributed by atoms with van der Waals surface area (Å²) in [6.07, 6.45) is 3.58. The summed E-state index contributed by atoms with van der Waals surface area (Å²) in [6.45, 7) is 1.14. The highest BCUT2D eigenvalue weighted by Gasteiger charge is 2.32. The summed E-state index contributed by atoms with van der Waals surface area (Å²) in [5, 5.41) is 17.5. The van der Waals surface area contributed by atoms with Crippen LogP contribution in [-0.2, 0) is 11.3 Å². The van der Waals surface area contributed by atoms with Crippen LogP contribution in [0.1, 0.15) is 18.7 Å². The van der Waals surface area contributed by atoms with E-state index < -0.39 is 0 Å². The van der Waals surface area contributed by atoms with E-state index in [9.17, 15) is 4.79 Å². The molecule has 1 unspecified atom stereocenters. The lowest BCUT2D eigenvalue weighted by atomic mass is 10.2. The number of amides is 1. The van der Waals surface area contributed by atoms with E-state index in [1.165, 1.54) is 0 Å². The van der Waals surface area contributed by atoms with E-state index in [1.54, 1.807) is 22.2 Å². The summed E-state index contributed by atoms with van der Waals surface area (Å²) in [5.41, 5.74) is 0.863. The molecule has 1 fully saturated rings. The van der Waals surface area contributed by atoms with Crippen LogP contribution in [0, 0.1) is 0 Å². The van der Waals surface area contributed by atoms with E-state index in [4.69, 9.17) is 0 Å². The number of anilines is 1. The van der Waals surface area contributed by atoms with Gasteiger partial charge in [-0.3, -0.25) is 4.79 Å². The highest BCUT2D eigenvalue weighted by atomic mass is 32.1. The molecule has 4 rings (SSSR count). The molecule has 2 aromatic heterocycles. The molecule has 8 nitrogen and oxygen atoms in total. The molecule has 0 spiro atoms. The van der Waals surface area contributed by atoms with Crippen LogP contribution in [0.15, 0.2) is 41.9 Å². The van der Waals surface area contributed by atoms with E-state index in [-0.39, 0.29) is 18.5 Å². The molecule has 3 heterocycles. The Morgan fingerprint density at radius 2 is 2.20 bits per heavy atom. The molecule has 25 heavy (non-hydrogen) atoms. The van der Waals surface area contributed by atoms with Gasteiger partial charge in [0.15, 0.2) is 11.0 Å². The average Bonchev–Trinajstić information content (AvgIpc) is 3.41. The Hall–Kier alpha value is -2.81. The fraction of sp³-hybridized carbons (Fsp3) is 0.312.